The predicted octanol–water partition coefficient (Wildman–Crippen LogP) is 3.17. The Morgan fingerprint density at radius 3 is 2.62 bits per heavy atom. The fraction of sp³-hybridized carbons (Fsp3) is 0.167. The molecule has 0 aliphatic heterocycles. The first-order valence-electron chi connectivity index (χ1n) is 5.69. The van der Waals surface area contributed by atoms with E-state index in [0.29, 0.717) is 0 Å². The van der Waals surface area contributed by atoms with Crippen molar-refractivity contribution in [1.82, 2.24) is 9.78 Å². The number of Topliss-reactive ketones (excluding diaryl/α,β-unsaturated/α-hetero) is 1. The minimum absolute atomic E-state index is 0.0734. The van der Waals surface area contributed by atoms with Gasteiger partial charge in [-0.15, -0.1) is 0 Å². The van der Waals surface area contributed by atoms with Gasteiger partial charge in [-0.1, -0.05) is 11.6 Å². The summed E-state index contributed by atoms with van der Waals surface area (Å²) in [7, 11) is 0. The van der Waals surface area contributed by atoms with E-state index in [9.17, 15) is 23.7 Å². The van der Waals surface area contributed by atoms with Crippen molar-refractivity contribution in [3.05, 3.63) is 56.7 Å². The smallest absolute Gasteiger partial charge is 0.358 e. The molecule has 0 bridgehead atoms. The number of nitro groups is 1. The molecule has 0 aliphatic rings. The summed E-state index contributed by atoms with van der Waals surface area (Å²) in [6.07, 6.45) is 1.13. The van der Waals surface area contributed by atoms with Gasteiger partial charge in [0.25, 0.3) is 0 Å². The third-order valence-corrected chi connectivity index (χ3v) is 3.09. The van der Waals surface area contributed by atoms with Crippen LogP contribution in [0.2, 0.25) is 5.02 Å². The van der Waals surface area contributed by atoms with Crippen molar-refractivity contribution in [3.8, 4) is 0 Å². The van der Waals surface area contributed by atoms with E-state index in [4.69, 9.17) is 11.6 Å². The van der Waals surface area contributed by atoms with Crippen LogP contribution in [0.1, 0.15) is 23.3 Å². The van der Waals surface area contributed by atoms with Crippen molar-refractivity contribution in [1.29, 1.82) is 0 Å². The Kier molecular flexibility index (Phi) is 3.99. The molecule has 0 N–H and O–H groups in total. The predicted molar refractivity (Wildman–Crippen MR) is 69.3 cm³/mol. The monoisotopic (exact) mass is 315 g/mol. The summed E-state index contributed by atoms with van der Waals surface area (Å²) in [5.74, 6) is -3.39. The summed E-state index contributed by atoms with van der Waals surface area (Å²) in [5.41, 5.74) is -0.0734. The highest BCUT2D eigenvalue weighted by Crippen LogP contribution is 2.25. The molecule has 1 aromatic carbocycles. The van der Waals surface area contributed by atoms with Crippen LogP contribution in [0.25, 0.3) is 0 Å². The second kappa shape index (κ2) is 5.57. The number of hydrogen-bond acceptors (Lipinski definition) is 4. The molecule has 1 atom stereocenters. The molecule has 9 heteroatoms. The molecule has 0 amide bonds. The van der Waals surface area contributed by atoms with E-state index in [1.165, 1.54) is 6.92 Å². The number of hydrogen-bond donors (Lipinski definition) is 0. The van der Waals surface area contributed by atoms with Crippen LogP contribution in [0, 0.1) is 21.7 Å². The van der Waals surface area contributed by atoms with E-state index >= 15 is 0 Å². The Hall–Kier alpha value is -2.35. The summed E-state index contributed by atoms with van der Waals surface area (Å²) in [4.78, 5) is 22.0. The molecule has 0 saturated carbocycles. The maximum Gasteiger partial charge on any atom is 0.408 e. The Morgan fingerprint density at radius 1 is 1.43 bits per heavy atom. The Bertz CT molecular complexity index is 733. The highest BCUT2D eigenvalue weighted by atomic mass is 35.5. The molecule has 0 radical (unpaired) electrons. The van der Waals surface area contributed by atoms with Gasteiger partial charge in [0.2, 0.25) is 0 Å². The number of carbonyl (C=O) groups excluding carboxylic acids is 1. The summed E-state index contributed by atoms with van der Waals surface area (Å²) >= 11 is 5.63. The highest BCUT2D eigenvalue weighted by molar-refractivity contribution is 6.32. The topological polar surface area (TPSA) is 78.0 Å². The zero-order chi connectivity index (χ0) is 15.7. The molecule has 1 heterocycles. The van der Waals surface area contributed by atoms with E-state index in [0.717, 1.165) is 29.1 Å². The summed E-state index contributed by atoms with van der Waals surface area (Å²) in [6.45, 7) is 1.41. The number of carbonyl (C=O) groups is 1. The maximum atomic E-state index is 13.1. The zero-order valence-corrected chi connectivity index (χ0v) is 11.3. The Balaban J connectivity index is 2.32. The number of nitrogens with zero attached hydrogens (tertiary/aromatic N) is 3. The van der Waals surface area contributed by atoms with Gasteiger partial charge in [0, 0.05) is 5.56 Å². The first kappa shape index (κ1) is 15.0. The third-order valence-electron chi connectivity index (χ3n) is 2.82. The normalized spacial score (nSPS) is 12.2. The van der Waals surface area contributed by atoms with Gasteiger partial charge in [-0.25, -0.2) is 8.78 Å². The van der Waals surface area contributed by atoms with Crippen molar-refractivity contribution >= 4 is 23.2 Å². The Labute approximate surface area is 122 Å². The third kappa shape index (κ3) is 2.89. The summed E-state index contributed by atoms with van der Waals surface area (Å²) in [5, 5.41) is 14.0. The molecule has 2 aromatic rings. The number of benzene rings is 1. The van der Waals surface area contributed by atoms with E-state index in [2.05, 4.69) is 5.10 Å². The first-order valence-corrected chi connectivity index (χ1v) is 6.07. The van der Waals surface area contributed by atoms with E-state index in [-0.39, 0.29) is 10.6 Å². The van der Waals surface area contributed by atoms with Crippen molar-refractivity contribution in [2.45, 2.75) is 13.0 Å². The number of rotatable bonds is 4. The highest BCUT2D eigenvalue weighted by Gasteiger charge is 2.26. The molecule has 21 heavy (non-hydrogen) atoms. The average molecular weight is 316 g/mol. The fourth-order valence-corrected chi connectivity index (χ4v) is 1.90. The van der Waals surface area contributed by atoms with Crippen molar-refractivity contribution in [3.63, 3.8) is 0 Å². The molecular weight excluding hydrogens is 308 g/mol. The Morgan fingerprint density at radius 2 is 2.10 bits per heavy atom. The minimum atomic E-state index is -1.16. The maximum absolute atomic E-state index is 13.1. The van der Waals surface area contributed by atoms with E-state index in [1.54, 1.807) is 0 Å². The van der Waals surface area contributed by atoms with Gasteiger partial charge in [-0.2, -0.15) is 4.68 Å². The van der Waals surface area contributed by atoms with Gasteiger partial charge in [0.05, 0.1) is 11.3 Å². The van der Waals surface area contributed by atoms with E-state index < -0.39 is 34.2 Å². The second-order valence-corrected chi connectivity index (χ2v) is 4.61. The lowest BCUT2D eigenvalue weighted by Gasteiger charge is -2.08. The summed E-state index contributed by atoms with van der Waals surface area (Å²) < 4.78 is 27.0. The number of ketones is 1. The van der Waals surface area contributed by atoms with Crippen LogP contribution in [0.5, 0.6) is 0 Å². The first-order chi connectivity index (χ1) is 9.81. The van der Waals surface area contributed by atoms with Crippen LogP contribution in [-0.2, 0) is 0 Å². The molecule has 0 saturated heterocycles. The van der Waals surface area contributed by atoms with Gasteiger partial charge in [0.15, 0.2) is 22.4 Å². The molecule has 1 aromatic heterocycles. The van der Waals surface area contributed by atoms with Crippen molar-refractivity contribution in [2.24, 2.45) is 0 Å². The molecule has 1 unspecified atom stereocenters. The second-order valence-electron chi connectivity index (χ2n) is 4.21. The van der Waals surface area contributed by atoms with Crippen LogP contribution in [0.3, 0.4) is 0 Å². The van der Waals surface area contributed by atoms with Gasteiger partial charge < -0.3 is 10.1 Å². The minimum Gasteiger partial charge on any atom is -0.358 e. The molecule has 6 nitrogen and oxygen atoms in total. The van der Waals surface area contributed by atoms with Crippen LogP contribution < -0.4 is 0 Å². The molecule has 110 valence electrons. The lowest BCUT2D eigenvalue weighted by molar-refractivity contribution is -0.389. The zero-order valence-electron chi connectivity index (χ0n) is 10.6. The standard InChI is InChI=1S/C12H8ClF2N3O3/c1-6(17-5-8(13)12(16-17)18(20)21)11(19)7-2-3-9(14)10(15)4-7/h2-6H,1H3. The summed E-state index contributed by atoms with van der Waals surface area (Å²) in [6, 6.07) is 1.75. The molecule has 0 spiro atoms. The molecule has 0 aliphatic carbocycles. The number of aromatic nitrogens is 2. The van der Waals surface area contributed by atoms with Crippen LogP contribution >= 0.6 is 11.6 Å². The van der Waals surface area contributed by atoms with Crippen molar-refractivity contribution < 1.29 is 18.5 Å². The quantitative estimate of drug-likeness (QED) is 0.493. The molecular formula is C12H8ClF2N3O3. The number of halogens is 3. The van der Waals surface area contributed by atoms with Gasteiger partial charge in [-0.3, -0.25) is 4.79 Å². The SMILES string of the molecule is CC(C(=O)c1ccc(F)c(F)c1)n1cc(Cl)c([N+](=O)[O-])n1. The largest absolute Gasteiger partial charge is 0.408 e. The van der Waals surface area contributed by atoms with Gasteiger partial charge >= 0.3 is 5.82 Å². The van der Waals surface area contributed by atoms with Gasteiger partial charge in [0.1, 0.15) is 6.04 Å². The van der Waals surface area contributed by atoms with Crippen molar-refractivity contribution in [2.75, 3.05) is 0 Å². The average Bonchev–Trinajstić information content (AvgIpc) is 2.82. The lowest BCUT2D eigenvalue weighted by atomic mass is 10.1. The van der Waals surface area contributed by atoms with Gasteiger partial charge in [-0.05, 0) is 30.0 Å². The van der Waals surface area contributed by atoms with E-state index in [1.807, 2.05) is 0 Å². The van der Waals surface area contributed by atoms with Crippen LogP contribution in [0.4, 0.5) is 14.6 Å². The van der Waals surface area contributed by atoms with Crippen LogP contribution in [-0.4, -0.2) is 20.5 Å². The van der Waals surface area contributed by atoms with Crippen LogP contribution in [0.15, 0.2) is 24.4 Å². The lowest BCUT2D eigenvalue weighted by Crippen LogP contribution is -2.17. The fourth-order valence-electron chi connectivity index (χ4n) is 1.69. The molecule has 0 fully saturated rings. The molecule has 2 rings (SSSR count).